The number of ether oxygens (including phenoxy) is 1. The van der Waals surface area contributed by atoms with Crippen molar-refractivity contribution in [1.82, 2.24) is 0 Å². The van der Waals surface area contributed by atoms with Gasteiger partial charge < -0.3 is 19.4 Å². The SMILES string of the molecule is CCC(=O)c1cc(OCCO)c2oc3ccc(C(=O)O)cc3c(=O)c2c1. The van der Waals surface area contributed by atoms with Gasteiger partial charge in [0.2, 0.25) is 5.43 Å². The smallest absolute Gasteiger partial charge is 0.335 e. The number of fused-ring (bicyclic) bond motifs is 2. The maximum Gasteiger partial charge on any atom is 0.335 e. The van der Waals surface area contributed by atoms with Crippen LogP contribution in [0.2, 0.25) is 0 Å². The second-order valence-electron chi connectivity index (χ2n) is 5.65. The van der Waals surface area contributed by atoms with Crippen molar-refractivity contribution in [1.29, 1.82) is 0 Å². The van der Waals surface area contributed by atoms with Crippen LogP contribution in [0.25, 0.3) is 21.9 Å². The lowest BCUT2D eigenvalue weighted by Crippen LogP contribution is -2.09. The minimum Gasteiger partial charge on any atom is -0.487 e. The zero-order valence-electron chi connectivity index (χ0n) is 13.9. The average Bonchev–Trinajstić information content (AvgIpc) is 2.65. The van der Waals surface area contributed by atoms with Crippen molar-refractivity contribution in [2.75, 3.05) is 13.2 Å². The number of hydrogen-bond donors (Lipinski definition) is 2. The Kier molecular flexibility index (Phi) is 4.73. The Balaban J connectivity index is 2.37. The van der Waals surface area contributed by atoms with Crippen LogP contribution in [0, 0.1) is 0 Å². The molecule has 1 heterocycles. The molecule has 134 valence electrons. The molecule has 0 aliphatic heterocycles. The molecule has 0 amide bonds. The molecule has 1 aromatic heterocycles. The number of aliphatic hydroxyl groups is 1. The molecule has 2 N–H and O–H groups in total. The zero-order valence-corrected chi connectivity index (χ0v) is 13.9. The number of carboxylic acid groups (broad SMARTS) is 1. The van der Waals surface area contributed by atoms with Crippen LogP contribution in [0.4, 0.5) is 0 Å². The maximum atomic E-state index is 12.9. The van der Waals surface area contributed by atoms with Gasteiger partial charge in [-0.1, -0.05) is 6.92 Å². The van der Waals surface area contributed by atoms with Crippen molar-refractivity contribution >= 4 is 33.7 Å². The summed E-state index contributed by atoms with van der Waals surface area (Å²) in [6.45, 7) is 1.43. The number of aliphatic hydroxyl groups excluding tert-OH is 1. The van der Waals surface area contributed by atoms with E-state index in [4.69, 9.17) is 19.4 Å². The molecule has 0 spiro atoms. The van der Waals surface area contributed by atoms with Gasteiger partial charge in [-0.05, 0) is 30.3 Å². The Morgan fingerprint density at radius 2 is 1.85 bits per heavy atom. The van der Waals surface area contributed by atoms with E-state index in [0.29, 0.717) is 0 Å². The van der Waals surface area contributed by atoms with E-state index in [0.717, 1.165) is 0 Å². The van der Waals surface area contributed by atoms with Gasteiger partial charge in [-0.2, -0.15) is 0 Å². The van der Waals surface area contributed by atoms with Gasteiger partial charge in [-0.25, -0.2) is 4.79 Å². The summed E-state index contributed by atoms with van der Waals surface area (Å²) in [6, 6.07) is 6.88. The van der Waals surface area contributed by atoms with Gasteiger partial charge in [-0.15, -0.1) is 0 Å². The number of Topliss-reactive ketones (excluding diaryl/α,β-unsaturated/α-hetero) is 1. The molecule has 3 rings (SSSR count). The van der Waals surface area contributed by atoms with Crippen molar-refractivity contribution in [2.24, 2.45) is 0 Å². The molecule has 0 saturated heterocycles. The molecule has 0 aliphatic rings. The number of hydrogen-bond acceptors (Lipinski definition) is 6. The van der Waals surface area contributed by atoms with Crippen molar-refractivity contribution in [2.45, 2.75) is 13.3 Å². The van der Waals surface area contributed by atoms with Crippen molar-refractivity contribution in [3.05, 3.63) is 51.7 Å². The fourth-order valence-corrected chi connectivity index (χ4v) is 2.69. The Hall–Kier alpha value is -3.19. The zero-order chi connectivity index (χ0) is 18.8. The molecule has 0 radical (unpaired) electrons. The highest BCUT2D eigenvalue weighted by Crippen LogP contribution is 2.30. The van der Waals surface area contributed by atoms with Crippen LogP contribution in [-0.4, -0.2) is 35.2 Å². The molecule has 7 heteroatoms. The predicted molar refractivity (Wildman–Crippen MR) is 94.2 cm³/mol. The highest BCUT2D eigenvalue weighted by atomic mass is 16.5. The summed E-state index contributed by atoms with van der Waals surface area (Å²) in [4.78, 5) is 36.1. The number of ketones is 1. The number of carbonyl (C=O) groups is 2. The van der Waals surface area contributed by atoms with Gasteiger partial charge in [-0.3, -0.25) is 9.59 Å². The third kappa shape index (κ3) is 3.04. The van der Waals surface area contributed by atoms with Gasteiger partial charge >= 0.3 is 5.97 Å². The van der Waals surface area contributed by atoms with Gasteiger partial charge in [0.05, 0.1) is 22.9 Å². The molecule has 26 heavy (non-hydrogen) atoms. The van der Waals surface area contributed by atoms with Gasteiger partial charge in [0.15, 0.2) is 17.1 Å². The van der Waals surface area contributed by atoms with Gasteiger partial charge in [0.25, 0.3) is 0 Å². The Morgan fingerprint density at radius 1 is 1.12 bits per heavy atom. The first kappa shape index (κ1) is 17.6. The lowest BCUT2D eigenvalue weighted by Gasteiger charge is -2.10. The van der Waals surface area contributed by atoms with Crippen LogP contribution in [0.15, 0.2) is 39.5 Å². The summed E-state index contributed by atoms with van der Waals surface area (Å²) < 4.78 is 11.2. The van der Waals surface area contributed by atoms with Crippen molar-refractivity contribution in [3.63, 3.8) is 0 Å². The van der Waals surface area contributed by atoms with E-state index in [1.165, 1.54) is 30.3 Å². The second kappa shape index (κ2) is 6.97. The topological polar surface area (TPSA) is 114 Å². The molecule has 0 unspecified atom stereocenters. The van der Waals surface area contributed by atoms with E-state index in [9.17, 15) is 14.4 Å². The fourth-order valence-electron chi connectivity index (χ4n) is 2.69. The standard InChI is InChI=1S/C19H16O7/c1-2-14(21)11-8-13-17(22)12-7-10(19(23)24)3-4-15(12)26-18(13)16(9-11)25-6-5-20/h3-4,7-9,20H,2,5-6H2,1H3,(H,23,24). The number of rotatable bonds is 6. The summed E-state index contributed by atoms with van der Waals surface area (Å²) in [6.07, 6.45) is 0.243. The maximum absolute atomic E-state index is 12.9. The first-order valence-corrected chi connectivity index (χ1v) is 8.01. The van der Waals surface area contributed by atoms with Crippen LogP contribution >= 0.6 is 0 Å². The van der Waals surface area contributed by atoms with E-state index >= 15 is 0 Å². The summed E-state index contributed by atoms with van der Waals surface area (Å²) in [5.41, 5.74) is 0.141. The van der Waals surface area contributed by atoms with Gasteiger partial charge in [0, 0.05) is 12.0 Å². The highest BCUT2D eigenvalue weighted by molar-refractivity contribution is 6.03. The number of aromatic carboxylic acids is 1. The Bertz CT molecular complexity index is 1080. The van der Waals surface area contributed by atoms with E-state index in [2.05, 4.69) is 0 Å². The Morgan fingerprint density at radius 3 is 2.50 bits per heavy atom. The van der Waals surface area contributed by atoms with Gasteiger partial charge in [0.1, 0.15) is 12.2 Å². The molecule has 0 bridgehead atoms. The minimum atomic E-state index is -1.16. The third-order valence-electron chi connectivity index (χ3n) is 3.97. The summed E-state index contributed by atoms with van der Waals surface area (Å²) in [7, 11) is 0. The van der Waals surface area contributed by atoms with Crippen LogP contribution < -0.4 is 10.2 Å². The summed E-state index contributed by atoms with van der Waals surface area (Å²) in [5.74, 6) is -1.16. The highest BCUT2D eigenvalue weighted by Gasteiger charge is 2.17. The fraction of sp³-hybridized carbons (Fsp3) is 0.211. The monoisotopic (exact) mass is 356 g/mol. The second-order valence-corrected chi connectivity index (χ2v) is 5.65. The van der Waals surface area contributed by atoms with E-state index < -0.39 is 11.4 Å². The number of benzene rings is 2. The molecular weight excluding hydrogens is 340 g/mol. The minimum absolute atomic E-state index is 0.0292. The molecule has 3 aromatic rings. The summed E-state index contributed by atoms with van der Waals surface area (Å²) in [5, 5.41) is 18.3. The Labute approximate surface area is 147 Å². The van der Waals surface area contributed by atoms with E-state index in [-0.39, 0.29) is 64.2 Å². The molecule has 0 aliphatic carbocycles. The average molecular weight is 356 g/mol. The lowest BCUT2D eigenvalue weighted by molar-refractivity contribution is 0.0696. The van der Waals surface area contributed by atoms with Crippen LogP contribution in [-0.2, 0) is 0 Å². The first-order valence-electron chi connectivity index (χ1n) is 8.01. The quantitative estimate of drug-likeness (QED) is 0.515. The molecular formula is C19H16O7. The lowest BCUT2D eigenvalue weighted by atomic mass is 10.0. The molecule has 0 fully saturated rings. The van der Waals surface area contributed by atoms with Crippen LogP contribution in [0.5, 0.6) is 5.75 Å². The molecule has 0 saturated carbocycles. The predicted octanol–water partition coefficient (Wildman–Crippen LogP) is 2.61. The summed E-state index contributed by atoms with van der Waals surface area (Å²) >= 11 is 0. The normalized spacial score (nSPS) is 11.0. The number of carbonyl (C=O) groups excluding carboxylic acids is 1. The molecule has 0 atom stereocenters. The van der Waals surface area contributed by atoms with Crippen LogP contribution in [0.1, 0.15) is 34.1 Å². The van der Waals surface area contributed by atoms with Crippen LogP contribution in [0.3, 0.4) is 0 Å². The largest absolute Gasteiger partial charge is 0.487 e. The first-order chi connectivity index (χ1) is 12.5. The van der Waals surface area contributed by atoms with E-state index in [1.807, 2.05) is 0 Å². The molecule has 7 nitrogen and oxygen atoms in total. The van der Waals surface area contributed by atoms with Crippen molar-refractivity contribution in [3.8, 4) is 5.75 Å². The third-order valence-corrected chi connectivity index (χ3v) is 3.97. The number of carboxylic acids is 1. The molecule has 2 aromatic carbocycles. The van der Waals surface area contributed by atoms with Crippen molar-refractivity contribution < 1.29 is 29.0 Å². The van der Waals surface area contributed by atoms with E-state index in [1.54, 1.807) is 6.92 Å².